The van der Waals surface area contributed by atoms with Crippen molar-refractivity contribution in [2.75, 3.05) is 13.6 Å². The van der Waals surface area contributed by atoms with E-state index >= 15 is 0 Å². The zero-order chi connectivity index (χ0) is 7.11. The van der Waals surface area contributed by atoms with E-state index in [1.54, 1.807) is 0 Å². The molecule has 0 spiro atoms. The fraction of sp³-hybridized carbons (Fsp3) is 0.714. The molecule has 0 aliphatic rings. The Morgan fingerprint density at radius 3 is 2.67 bits per heavy atom. The van der Waals surface area contributed by atoms with E-state index in [1.165, 1.54) is 13.6 Å². The molecule has 50 valence electrons. The first-order chi connectivity index (χ1) is 4.31. The Hall–Kier alpha value is -0.575. The van der Waals surface area contributed by atoms with Gasteiger partial charge in [0.05, 0.1) is 0 Å². The Morgan fingerprint density at radius 2 is 2.22 bits per heavy atom. The summed E-state index contributed by atoms with van der Waals surface area (Å²) in [5, 5.41) is 0. The zero-order valence-electron chi connectivity index (χ0n) is 6.57. The van der Waals surface area contributed by atoms with Gasteiger partial charge in [0.15, 0.2) is 0 Å². The lowest BCUT2D eigenvalue weighted by atomic mass is 9.78. The normalized spacial score (nSPS) is 7.44. The van der Waals surface area contributed by atoms with Crippen LogP contribution in [0.4, 0.5) is 0 Å². The van der Waals surface area contributed by atoms with E-state index in [0.29, 0.717) is 0 Å². The molecule has 0 saturated heterocycles. The summed E-state index contributed by atoms with van der Waals surface area (Å²) >= 11 is 0. The molecular weight excluding hydrogens is 109 g/mol. The monoisotopic (exact) mass is 123 g/mol. The molecule has 0 amide bonds. The standard InChI is InChI=1S/C7H14BN/c1-4-6-9(3)7-5-8-2/h8H,5,7H2,1-3H3. The van der Waals surface area contributed by atoms with Crippen LogP contribution >= 0.6 is 0 Å². The maximum Gasteiger partial charge on any atom is 0.119 e. The SMILES string of the molecule is CBCCN(C)C#CC. The lowest BCUT2D eigenvalue weighted by Gasteiger charge is -2.07. The van der Waals surface area contributed by atoms with Gasteiger partial charge in [0.1, 0.15) is 7.28 Å². The maximum absolute atomic E-state index is 2.96. The molecule has 0 heterocycles. The topological polar surface area (TPSA) is 3.24 Å². The smallest absolute Gasteiger partial charge is 0.119 e. The van der Waals surface area contributed by atoms with Gasteiger partial charge in [-0.2, -0.15) is 0 Å². The van der Waals surface area contributed by atoms with Gasteiger partial charge in [0.2, 0.25) is 0 Å². The van der Waals surface area contributed by atoms with Crippen molar-refractivity contribution in [3.05, 3.63) is 0 Å². The highest BCUT2D eigenvalue weighted by Crippen LogP contribution is 1.83. The van der Waals surface area contributed by atoms with Gasteiger partial charge in [0.25, 0.3) is 0 Å². The summed E-state index contributed by atoms with van der Waals surface area (Å²) in [6.07, 6.45) is 1.24. The van der Waals surface area contributed by atoms with E-state index in [9.17, 15) is 0 Å². The summed E-state index contributed by atoms with van der Waals surface area (Å²) in [4.78, 5) is 2.03. The second-order valence-electron chi connectivity index (χ2n) is 2.14. The van der Waals surface area contributed by atoms with Gasteiger partial charge in [-0.05, 0) is 6.92 Å². The molecule has 0 rings (SSSR count). The molecule has 2 heteroatoms. The summed E-state index contributed by atoms with van der Waals surface area (Å²) in [7, 11) is 3.27. The largest absolute Gasteiger partial charge is 0.336 e. The lowest BCUT2D eigenvalue weighted by Crippen LogP contribution is -2.13. The van der Waals surface area contributed by atoms with Crippen LogP contribution in [0.5, 0.6) is 0 Å². The summed E-state index contributed by atoms with van der Waals surface area (Å²) in [6, 6.07) is 2.96. The van der Waals surface area contributed by atoms with E-state index in [4.69, 9.17) is 0 Å². The van der Waals surface area contributed by atoms with Crippen molar-refractivity contribution in [1.82, 2.24) is 4.90 Å². The van der Waals surface area contributed by atoms with Crippen molar-refractivity contribution < 1.29 is 0 Å². The molecule has 1 nitrogen and oxygen atoms in total. The third kappa shape index (κ3) is 5.29. The quantitative estimate of drug-likeness (QED) is 0.305. The fourth-order valence-electron chi connectivity index (χ4n) is 0.642. The fourth-order valence-corrected chi connectivity index (χ4v) is 0.642. The minimum absolute atomic E-state index is 1.09. The van der Waals surface area contributed by atoms with Crippen molar-refractivity contribution in [3.63, 3.8) is 0 Å². The number of nitrogens with zero attached hydrogens (tertiary/aromatic N) is 1. The highest BCUT2D eigenvalue weighted by Gasteiger charge is 1.87. The first-order valence-electron chi connectivity index (χ1n) is 3.44. The Bertz CT molecular complexity index is 112. The van der Waals surface area contributed by atoms with E-state index in [1.807, 2.05) is 18.9 Å². The van der Waals surface area contributed by atoms with E-state index in [2.05, 4.69) is 18.8 Å². The molecule has 0 bridgehead atoms. The van der Waals surface area contributed by atoms with Crippen LogP contribution in [0, 0.1) is 12.0 Å². The van der Waals surface area contributed by atoms with Gasteiger partial charge < -0.3 is 4.90 Å². The Balaban J connectivity index is 3.23. The van der Waals surface area contributed by atoms with Crippen LogP contribution in [-0.4, -0.2) is 25.8 Å². The summed E-state index contributed by atoms with van der Waals surface area (Å²) in [5.41, 5.74) is 0. The highest BCUT2D eigenvalue weighted by atomic mass is 15.1. The van der Waals surface area contributed by atoms with Crippen molar-refractivity contribution in [2.24, 2.45) is 0 Å². The van der Waals surface area contributed by atoms with Crippen molar-refractivity contribution in [1.29, 1.82) is 0 Å². The lowest BCUT2D eigenvalue weighted by molar-refractivity contribution is 0.511. The van der Waals surface area contributed by atoms with Crippen LogP contribution in [0.15, 0.2) is 0 Å². The summed E-state index contributed by atoms with van der Waals surface area (Å²) < 4.78 is 0. The predicted octanol–water partition coefficient (Wildman–Crippen LogP) is 0.802. The van der Waals surface area contributed by atoms with Gasteiger partial charge in [-0.25, -0.2) is 0 Å². The molecule has 0 aromatic rings. The molecule has 0 aromatic carbocycles. The summed E-state index contributed by atoms with van der Waals surface area (Å²) in [6.45, 7) is 5.15. The van der Waals surface area contributed by atoms with Crippen LogP contribution in [0.25, 0.3) is 0 Å². The molecule has 9 heavy (non-hydrogen) atoms. The van der Waals surface area contributed by atoms with Crippen LogP contribution in [0.1, 0.15) is 6.92 Å². The second-order valence-corrected chi connectivity index (χ2v) is 2.14. The van der Waals surface area contributed by atoms with E-state index in [0.717, 1.165) is 6.54 Å². The van der Waals surface area contributed by atoms with Gasteiger partial charge in [-0.1, -0.05) is 19.1 Å². The molecule has 0 aliphatic carbocycles. The average molecular weight is 123 g/mol. The van der Waals surface area contributed by atoms with Crippen LogP contribution < -0.4 is 0 Å². The van der Waals surface area contributed by atoms with Gasteiger partial charge >= 0.3 is 0 Å². The molecule has 0 aromatic heterocycles. The van der Waals surface area contributed by atoms with Crippen molar-refractivity contribution in [3.8, 4) is 12.0 Å². The Morgan fingerprint density at radius 1 is 1.56 bits per heavy atom. The van der Waals surface area contributed by atoms with Crippen LogP contribution in [0.2, 0.25) is 13.1 Å². The minimum Gasteiger partial charge on any atom is -0.336 e. The van der Waals surface area contributed by atoms with Gasteiger partial charge in [-0.15, -0.1) is 0 Å². The predicted molar refractivity (Wildman–Crippen MR) is 43.9 cm³/mol. The van der Waals surface area contributed by atoms with Crippen LogP contribution in [0.3, 0.4) is 0 Å². The average Bonchev–Trinajstić information content (AvgIpc) is 1.85. The summed E-state index contributed by atoms with van der Waals surface area (Å²) in [5.74, 6) is 2.85. The van der Waals surface area contributed by atoms with E-state index < -0.39 is 0 Å². The molecular formula is C7H14BN. The van der Waals surface area contributed by atoms with Crippen molar-refractivity contribution >= 4 is 7.28 Å². The second kappa shape index (κ2) is 5.56. The van der Waals surface area contributed by atoms with Crippen molar-refractivity contribution in [2.45, 2.75) is 20.1 Å². The molecule has 0 unspecified atom stereocenters. The molecule has 0 aliphatic heterocycles. The molecule has 0 saturated carbocycles. The maximum atomic E-state index is 2.96. The first-order valence-corrected chi connectivity index (χ1v) is 3.44. The van der Waals surface area contributed by atoms with Crippen LogP contribution in [-0.2, 0) is 0 Å². The van der Waals surface area contributed by atoms with Gasteiger partial charge in [-0.3, -0.25) is 0 Å². The zero-order valence-corrected chi connectivity index (χ0v) is 6.57. The Kier molecular flexibility index (Phi) is 5.20. The van der Waals surface area contributed by atoms with Gasteiger partial charge in [0, 0.05) is 19.6 Å². The third-order valence-electron chi connectivity index (χ3n) is 1.15. The first kappa shape index (κ1) is 8.42. The molecule has 0 atom stereocenters. The third-order valence-corrected chi connectivity index (χ3v) is 1.15. The number of hydrogen-bond acceptors (Lipinski definition) is 1. The molecule has 0 fully saturated rings. The Labute approximate surface area is 58.7 Å². The molecule has 0 radical (unpaired) electrons. The molecule has 0 N–H and O–H groups in total. The number of rotatable bonds is 3. The minimum atomic E-state index is 1.09. The van der Waals surface area contributed by atoms with E-state index in [-0.39, 0.29) is 0 Å². The number of hydrogen-bond donors (Lipinski definition) is 0. The highest BCUT2D eigenvalue weighted by molar-refractivity contribution is 6.33.